The molecule has 1 rings (SSSR count). The van der Waals surface area contributed by atoms with Crippen LogP contribution in [0.2, 0.25) is 0 Å². The third-order valence-electron chi connectivity index (χ3n) is 3.14. The first kappa shape index (κ1) is 14.8. The molecule has 100 valence electrons. The lowest BCUT2D eigenvalue weighted by atomic mass is 10.1. The number of hydrogen-bond acceptors (Lipinski definition) is 2. The molecule has 0 saturated carbocycles. The van der Waals surface area contributed by atoms with E-state index in [1.807, 2.05) is 0 Å². The molecule has 1 aromatic rings. The lowest BCUT2D eigenvalue weighted by Gasteiger charge is -2.16. The van der Waals surface area contributed by atoms with Crippen molar-refractivity contribution in [2.24, 2.45) is 0 Å². The molecule has 0 amide bonds. The predicted octanol–water partition coefficient (Wildman–Crippen LogP) is 4.01. The third-order valence-corrected chi connectivity index (χ3v) is 3.14. The van der Waals surface area contributed by atoms with E-state index in [4.69, 9.17) is 4.74 Å². The molecule has 0 spiro atoms. The Morgan fingerprint density at radius 3 is 2.67 bits per heavy atom. The normalized spacial score (nSPS) is 12.2. The molecule has 2 nitrogen and oxygen atoms in total. The van der Waals surface area contributed by atoms with Crippen LogP contribution in [0.15, 0.2) is 30.4 Å². The maximum Gasteiger partial charge on any atom is 0.122 e. The summed E-state index contributed by atoms with van der Waals surface area (Å²) in [6.45, 7) is 14.0. The first-order valence-electron chi connectivity index (χ1n) is 6.71. The van der Waals surface area contributed by atoms with Crippen molar-refractivity contribution in [3.63, 3.8) is 0 Å². The monoisotopic (exact) mass is 247 g/mol. The minimum atomic E-state index is 0.383. The lowest BCUT2D eigenvalue weighted by Crippen LogP contribution is -2.17. The van der Waals surface area contributed by atoms with Gasteiger partial charge in [-0.25, -0.2) is 0 Å². The van der Waals surface area contributed by atoms with Gasteiger partial charge >= 0.3 is 0 Å². The Balaban J connectivity index is 2.70. The molecule has 0 heterocycles. The summed E-state index contributed by atoms with van der Waals surface area (Å²) in [5.74, 6) is 0.956. The summed E-state index contributed by atoms with van der Waals surface area (Å²) >= 11 is 0. The molecule has 18 heavy (non-hydrogen) atoms. The molecule has 0 aliphatic heterocycles. The van der Waals surface area contributed by atoms with E-state index in [0.717, 1.165) is 24.3 Å². The Labute approximate surface area is 111 Å². The van der Waals surface area contributed by atoms with Gasteiger partial charge in [-0.1, -0.05) is 32.6 Å². The third kappa shape index (κ3) is 4.19. The Morgan fingerprint density at radius 1 is 1.39 bits per heavy atom. The molecule has 1 N–H and O–H groups in total. The first-order valence-corrected chi connectivity index (χ1v) is 6.71. The molecule has 1 unspecified atom stereocenters. The minimum Gasteiger partial charge on any atom is -0.489 e. The van der Waals surface area contributed by atoms with Crippen LogP contribution in [-0.4, -0.2) is 13.2 Å². The summed E-state index contributed by atoms with van der Waals surface area (Å²) in [6.07, 6.45) is 0.967. The number of benzene rings is 1. The molecule has 0 saturated heterocycles. The van der Waals surface area contributed by atoms with E-state index >= 15 is 0 Å². The van der Waals surface area contributed by atoms with Crippen LogP contribution >= 0.6 is 0 Å². The molecule has 0 bridgehead atoms. The fourth-order valence-electron chi connectivity index (χ4n) is 1.81. The van der Waals surface area contributed by atoms with Crippen molar-refractivity contribution in [2.45, 2.75) is 40.2 Å². The Bertz CT molecular complexity index is 398. The van der Waals surface area contributed by atoms with Crippen molar-refractivity contribution in [3.8, 4) is 5.75 Å². The molecule has 0 aliphatic carbocycles. The standard InChI is InChI=1S/C16H25NO/c1-6-12(3)11-18-16-9-8-15(10-13(16)4)14(5)17-7-2/h8-10,14,17H,3,6-7,11H2,1-2,4-5H3. The van der Waals surface area contributed by atoms with Gasteiger partial charge in [0.15, 0.2) is 0 Å². The number of hydrogen-bond donors (Lipinski definition) is 1. The van der Waals surface area contributed by atoms with Crippen molar-refractivity contribution in [3.05, 3.63) is 41.5 Å². The maximum absolute atomic E-state index is 5.76. The van der Waals surface area contributed by atoms with Gasteiger partial charge < -0.3 is 10.1 Å². The highest BCUT2D eigenvalue weighted by Gasteiger charge is 2.07. The van der Waals surface area contributed by atoms with Crippen LogP contribution < -0.4 is 10.1 Å². The van der Waals surface area contributed by atoms with Gasteiger partial charge in [0.05, 0.1) is 0 Å². The average Bonchev–Trinajstić information content (AvgIpc) is 2.37. The molecule has 2 heteroatoms. The average molecular weight is 247 g/mol. The second kappa shape index (κ2) is 7.22. The van der Waals surface area contributed by atoms with Crippen molar-refractivity contribution in [1.82, 2.24) is 5.32 Å². The van der Waals surface area contributed by atoms with E-state index in [0.29, 0.717) is 12.6 Å². The van der Waals surface area contributed by atoms with Crippen LogP contribution in [0.1, 0.15) is 44.4 Å². The van der Waals surface area contributed by atoms with Crippen molar-refractivity contribution < 1.29 is 4.74 Å². The van der Waals surface area contributed by atoms with Crippen molar-refractivity contribution in [2.75, 3.05) is 13.2 Å². The van der Waals surface area contributed by atoms with Gasteiger partial charge in [0.2, 0.25) is 0 Å². The van der Waals surface area contributed by atoms with Crippen LogP contribution in [-0.2, 0) is 0 Å². The molecular weight excluding hydrogens is 222 g/mol. The second-order valence-electron chi connectivity index (χ2n) is 4.70. The molecule has 0 fully saturated rings. The smallest absolute Gasteiger partial charge is 0.122 e. The van der Waals surface area contributed by atoms with Gasteiger partial charge in [-0.15, -0.1) is 0 Å². The Hall–Kier alpha value is -1.28. The molecule has 1 aromatic carbocycles. The highest BCUT2D eigenvalue weighted by molar-refractivity contribution is 5.37. The van der Waals surface area contributed by atoms with Crippen molar-refractivity contribution >= 4 is 0 Å². The first-order chi connectivity index (χ1) is 8.58. The molecule has 0 aromatic heterocycles. The van der Waals surface area contributed by atoms with Crippen LogP contribution in [0.3, 0.4) is 0 Å². The van der Waals surface area contributed by atoms with Crippen LogP contribution in [0.25, 0.3) is 0 Å². The highest BCUT2D eigenvalue weighted by atomic mass is 16.5. The number of rotatable bonds is 7. The predicted molar refractivity (Wildman–Crippen MR) is 78.2 cm³/mol. The summed E-state index contributed by atoms with van der Waals surface area (Å²) in [7, 11) is 0. The summed E-state index contributed by atoms with van der Waals surface area (Å²) in [6, 6.07) is 6.76. The maximum atomic E-state index is 5.76. The Kier molecular flexibility index (Phi) is 5.93. The zero-order valence-corrected chi connectivity index (χ0v) is 12.0. The lowest BCUT2D eigenvalue weighted by molar-refractivity contribution is 0.346. The molecule has 0 aliphatic rings. The van der Waals surface area contributed by atoms with E-state index in [1.165, 1.54) is 11.1 Å². The fraction of sp³-hybridized carbons (Fsp3) is 0.500. The van der Waals surface area contributed by atoms with Crippen molar-refractivity contribution in [1.29, 1.82) is 0 Å². The van der Waals surface area contributed by atoms with E-state index in [2.05, 4.69) is 57.8 Å². The largest absolute Gasteiger partial charge is 0.489 e. The zero-order chi connectivity index (χ0) is 13.5. The van der Waals surface area contributed by atoms with Gasteiger partial charge in [-0.3, -0.25) is 0 Å². The Morgan fingerprint density at radius 2 is 2.11 bits per heavy atom. The zero-order valence-electron chi connectivity index (χ0n) is 12.0. The van der Waals surface area contributed by atoms with Gasteiger partial charge in [-0.05, 0) is 49.6 Å². The van der Waals surface area contributed by atoms with Gasteiger partial charge in [0.25, 0.3) is 0 Å². The van der Waals surface area contributed by atoms with E-state index in [1.54, 1.807) is 0 Å². The molecule has 1 atom stereocenters. The van der Waals surface area contributed by atoms with E-state index < -0.39 is 0 Å². The van der Waals surface area contributed by atoms with Crippen LogP contribution in [0.5, 0.6) is 5.75 Å². The van der Waals surface area contributed by atoms with Gasteiger partial charge in [-0.2, -0.15) is 0 Å². The van der Waals surface area contributed by atoms with E-state index in [-0.39, 0.29) is 0 Å². The summed E-state index contributed by atoms with van der Waals surface area (Å²) in [5, 5.41) is 3.41. The SMILES string of the molecule is C=C(CC)COc1ccc(C(C)NCC)cc1C. The fourth-order valence-corrected chi connectivity index (χ4v) is 1.81. The quantitative estimate of drug-likeness (QED) is 0.735. The summed E-state index contributed by atoms with van der Waals surface area (Å²) in [4.78, 5) is 0. The van der Waals surface area contributed by atoms with Gasteiger partial charge in [0.1, 0.15) is 12.4 Å². The number of aryl methyl sites for hydroxylation is 1. The van der Waals surface area contributed by atoms with Gasteiger partial charge in [0, 0.05) is 6.04 Å². The van der Waals surface area contributed by atoms with Crippen LogP contribution in [0.4, 0.5) is 0 Å². The second-order valence-corrected chi connectivity index (χ2v) is 4.70. The minimum absolute atomic E-state index is 0.383. The van der Waals surface area contributed by atoms with E-state index in [9.17, 15) is 0 Å². The summed E-state index contributed by atoms with van der Waals surface area (Å²) in [5.41, 5.74) is 3.61. The number of nitrogens with one attached hydrogen (secondary N) is 1. The molecular formula is C16H25NO. The topological polar surface area (TPSA) is 21.3 Å². The van der Waals surface area contributed by atoms with Crippen LogP contribution in [0, 0.1) is 6.92 Å². The summed E-state index contributed by atoms with van der Waals surface area (Å²) < 4.78 is 5.76. The number of ether oxygens (including phenoxy) is 1. The highest BCUT2D eigenvalue weighted by Crippen LogP contribution is 2.23. The molecule has 0 radical (unpaired) electrons.